The molecule has 1 fully saturated rings. The highest BCUT2D eigenvalue weighted by molar-refractivity contribution is 5.73. The standard InChI is InChI=1S/C19H21N7O.C2HF3O2/c1-24-17(4-8-20-24)16-2-3-18-21-22-19(26(18)23-16)15-5-9-25(10-6-15)12-14-7-11-27-13-14;3-2(4,5)1(6)7/h2-4,7-8,11,13,15H,5-6,9-10,12H2,1H3;(H,6,7). The van der Waals surface area contributed by atoms with E-state index in [1.807, 2.05) is 46.8 Å². The first-order valence-electron chi connectivity index (χ1n) is 10.5. The van der Waals surface area contributed by atoms with Crippen LogP contribution in [0, 0.1) is 0 Å². The Morgan fingerprint density at radius 2 is 1.91 bits per heavy atom. The van der Waals surface area contributed by atoms with Crippen LogP contribution in [0.15, 0.2) is 47.4 Å². The van der Waals surface area contributed by atoms with E-state index in [2.05, 4.69) is 20.2 Å². The number of aliphatic carboxylic acids is 1. The van der Waals surface area contributed by atoms with Crippen LogP contribution in [0.1, 0.15) is 30.1 Å². The Hall–Kier alpha value is -3.74. The highest BCUT2D eigenvalue weighted by Crippen LogP contribution is 2.28. The van der Waals surface area contributed by atoms with Crippen LogP contribution in [0.25, 0.3) is 17.0 Å². The molecule has 0 atom stereocenters. The maximum atomic E-state index is 10.6. The van der Waals surface area contributed by atoms with Crippen LogP contribution in [0.4, 0.5) is 13.2 Å². The Labute approximate surface area is 191 Å². The second-order valence-corrected chi connectivity index (χ2v) is 7.87. The van der Waals surface area contributed by atoms with Gasteiger partial charge >= 0.3 is 12.1 Å². The largest absolute Gasteiger partial charge is 0.490 e. The van der Waals surface area contributed by atoms with E-state index in [4.69, 9.17) is 19.4 Å². The number of aromatic nitrogens is 6. The lowest BCUT2D eigenvalue weighted by Gasteiger charge is -2.30. The summed E-state index contributed by atoms with van der Waals surface area (Å²) in [5.74, 6) is -1.43. The molecule has 1 aliphatic heterocycles. The van der Waals surface area contributed by atoms with Gasteiger partial charge in [-0.3, -0.25) is 9.58 Å². The molecular weight excluding hydrogens is 455 g/mol. The van der Waals surface area contributed by atoms with Crippen LogP contribution < -0.4 is 0 Å². The Bertz CT molecular complexity index is 1240. The Kier molecular flexibility index (Phi) is 6.63. The Morgan fingerprint density at radius 3 is 2.50 bits per heavy atom. The molecule has 0 unspecified atom stereocenters. The Balaban J connectivity index is 0.000000344. The molecule has 0 aliphatic carbocycles. The summed E-state index contributed by atoms with van der Waals surface area (Å²) in [4.78, 5) is 11.4. The van der Waals surface area contributed by atoms with Gasteiger partial charge in [0.05, 0.1) is 18.2 Å². The second-order valence-electron chi connectivity index (χ2n) is 7.87. The first-order chi connectivity index (χ1) is 16.2. The topological polar surface area (TPSA) is 115 Å². The molecule has 180 valence electrons. The molecule has 5 rings (SSSR count). The van der Waals surface area contributed by atoms with Crippen LogP contribution in [0.5, 0.6) is 0 Å². The number of piperidine rings is 1. The zero-order valence-electron chi connectivity index (χ0n) is 18.2. The number of carbonyl (C=O) groups is 1. The van der Waals surface area contributed by atoms with E-state index >= 15 is 0 Å². The van der Waals surface area contributed by atoms with Crippen molar-refractivity contribution in [2.75, 3.05) is 13.1 Å². The van der Waals surface area contributed by atoms with Crippen molar-refractivity contribution >= 4 is 11.6 Å². The molecule has 0 amide bonds. The molecule has 5 heterocycles. The molecule has 0 spiro atoms. The first-order valence-corrected chi connectivity index (χ1v) is 10.5. The van der Waals surface area contributed by atoms with Crippen molar-refractivity contribution in [1.29, 1.82) is 0 Å². The number of aryl methyl sites for hydroxylation is 1. The van der Waals surface area contributed by atoms with Crippen LogP contribution in [-0.4, -0.2) is 64.8 Å². The number of fused-ring (bicyclic) bond motifs is 1. The van der Waals surface area contributed by atoms with E-state index < -0.39 is 12.1 Å². The highest BCUT2D eigenvalue weighted by atomic mass is 19.4. The molecule has 13 heteroatoms. The van der Waals surface area contributed by atoms with Crippen molar-refractivity contribution in [1.82, 2.24) is 34.5 Å². The van der Waals surface area contributed by atoms with Gasteiger partial charge in [-0.15, -0.1) is 10.2 Å². The molecule has 0 radical (unpaired) electrons. The first kappa shape index (κ1) is 23.4. The summed E-state index contributed by atoms with van der Waals surface area (Å²) in [6, 6.07) is 7.94. The lowest BCUT2D eigenvalue weighted by Crippen LogP contribution is -2.33. The molecule has 4 aromatic rings. The summed E-state index contributed by atoms with van der Waals surface area (Å²) in [6.45, 7) is 3.01. The van der Waals surface area contributed by atoms with Crippen molar-refractivity contribution in [3.05, 3.63) is 54.4 Å². The van der Waals surface area contributed by atoms with Gasteiger partial charge in [0.2, 0.25) is 0 Å². The van der Waals surface area contributed by atoms with Crippen LogP contribution in [0.3, 0.4) is 0 Å². The minimum absolute atomic E-state index is 0.370. The summed E-state index contributed by atoms with van der Waals surface area (Å²) in [6.07, 6.45) is 2.36. The van der Waals surface area contributed by atoms with E-state index in [9.17, 15) is 13.2 Å². The third kappa shape index (κ3) is 5.25. The second kappa shape index (κ2) is 9.63. The SMILES string of the molecule is Cn1nccc1-c1ccc2nnc(C3CCN(Cc4ccoc4)CC3)n2n1.O=C(O)C(F)(F)F. The normalized spacial score (nSPS) is 15.3. The molecule has 10 nitrogen and oxygen atoms in total. The fourth-order valence-electron chi connectivity index (χ4n) is 3.81. The lowest BCUT2D eigenvalue weighted by molar-refractivity contribution is -0.192. The van der Waals surface area contributed by atoms with Gasteiger partial charge in [0.15, 0.2) is 11.5 Å². The number of furan rings is 1. The Morgan fingerprint density at radius 1 is 1.18 bits per heavy atom. The number of carboxylic acid groups (broad SMARTS) is 1. The predicted octanol–water partition coefficient (Wildman–Crippen LogP) is 3.13. The summed E-state index contributed by atoms with van der Waals surface area (Å²) in [5.41, 5.74) is 3.87. The monoisotopic (exact) mass is 477 g/mol. The van der Waals surface area contributed by atoms with Gasteiger partial charge in [0.1, 0.15) is 5.69 Å². The summed E-state index contributed by atoms with van der Waals surface area (Å²) >= 11 is 0. The van der Waals surface area contributed by atoms with Crippen LogP contribution >= 0.6 is 0 Å². The predicted molar refractivity (Wildman–Crippen MR) is 113 cm³/mol. The summed E-state index contributed by atoms with van der Waals surface area (Å²) in [5, 5.41) is 24.9. The molecule has 4 aromatic heterocycles. The number of nitrogens with zero attached hydrogens (tertiary/aromatic N) is 7. The molecular formula is C21H22F3N7O3. The maximum Gasteiger partial charge on any atom is 0.490 e. The van der Waals surface area contributed by atoms with E-state index in [1.54, 1.807) is 12.5 Å². The lowest BCUT2D eigenvalue weighted by atomic mass is 9.96. The van der Waals surface area contributed by atoms with E-state index in [0.29, 0.717) is 5.92 Å². The summed E-state index contributed by atoms with van der Waals surface area (Å²) < 4.78 is 40.6. The van der Waals surface area contributed by atoms with Crippen molar-refractivity contribution in [3.8, 4) is 11.4 Å². The van der Waals surface area contributed by atoms with Crippen molar-refractivity contribution in [2.45, 2.75) is 31.5 Å². The number of carboxylic acids is 1. The molecule has 1 aliphatic rings. The van der Waals surface area contributed by atoms with Crippen LogP contribution in [-0.2, 0) is 18.4 Å². The molecule has 1 N–H and O–H groups in total. The van der Waals surface area contributed by atoms with Gasteiger partial charge < -0.3 is 9.52 Å². The van der Waals surface area contributed by atoms with Crippen molar-refractivity contribution < 1.29 is 27.5 Å². The zero-order valence-corrected chi connectivity index (χ0v) is 18.2. The number of hydrogen-bond acceptors (Lipinski definition) is 7. The van der Waals surface area contributed by atoms with Gasteiger partial charge in [0, 0.05) is 31.3 Å². The van der Waals surface area contributed by atoms with E-state index in [-0.39, 0.29) is 0 Å². The van der Waals surface area contributed by atoms with Gasteiger partial charge in [-0.1, -0.05) is 0 Å². The van der Waals surface area contributed by atoms with Crippen molar-refractivity contribution in [2.24, 2.45) is 7.05 Å². The number of alkyl halides is 3. The average molecular weight is 477 g/mol. The van der Waals surface area contributed by atoms with Gasteiger partial charge in [0.25, 0.3) is 0 Å². The van der Waals surface area contributed by atoms with Gasteiger partial charge in [-0.05, 0) is 50.2 Å². The fourth-order valence-corrected chi connectivity index (χ4v) is 3.81. The van der Waals surface area contributed by atoms with Crippen molar-refractivity contribution in [3.63, 3.8) is 0 Å². The minimum atomic E-state index is -5.08. The van der Waals surface area contributed by atoms with Gasteiger partial charge in [-0.2, -0.15) is 27.9 Å². The summed E-state index contributed by atoms with van der Waals surface area (Å²) in [7, 11) is 1.92. The smallest absolute Gasteiger partial charge is 0.475 e. The number of halogens is 3. The zero-order chi connectivity index (χ0) is 24.3. The minimum Gasteiger partial charge on any atom is -0.475 e. The fraction of sp³-hybridized carbons (Fsp3) is 0.381. The molecule has 1 saturated heterocycles. The third-order valence-corrected chi connectivity index (χ3v) is 5.55. The molecule has 0 saturated carbocycles. The van der Waals surface area contributed by atoms with Crippen LogP contribution in [0.2, 0.25) is 0 Å². The quantitative estimate of drug-likeness (QED) is 0.477. The molecule has 0 bridgehead atoms. The van der Waals surface area contributed by atoms with E-state index in [0.717, 1.165) is 55.3 Å². The number of hydrogen-bond donors (Lipinski definition) is 1. The molecule has 0 aromatic carbocycles. The third-order valence-electron chi connectivity index (χ3n) is 5.55. The number of rotatable bonds is 4. The van der Waals surface area contributed by atoms with Gasteiger partial charge in [-0.25, -0.2) is 4.79 Å². The highest BCUT2D eigenvalue weighted by Gasteiger charge is 2.38. The number of likely N-dealkylation sites (tertiary alicyclic amines) is 1. The van der Waals surface area contributed by atoms with E-state index in [1.165, 1.54) is 5.56 Å². The molecule has 34 heavy (non-hydrogen) atoms. The maximum absolute atomic E-state index is 10.6. The average Bonchev–Trinajstić information content (AvgIpc) is 3.55.